The molecule has 2 aliphatic rings. The number of amides is 2. The van der Waals surface area contributed by atoms with Crippen LogP contribution in [0.1, 0.15) is 46.4 Å². The van der Waals surface area contributed by atoms with E-state index in [-0.39, 0.29) is 41.1 Å². The molecule has 12 heteroatoms. The molecule has 0 bridgehead atoms. The van der Waals surface area contributed by atoms with Crippen molar-refractivity contribution in [3.05, 3.63) is 87.7 Å². The maximum Gasteiger partial charge on any atom is 0.269 e. The molecule has 2 saturated heterocycles. The maximum atomic E-state index is 14.2. The molecule has 2 aliphatic heterocycles. The number of nitro groups is 1. The van der Waals surface area contributed by atoms with Crippen LogP contribution in [0, 0.1) is 15.9 Å². The van der Waals surface area contributed by atoms with Crippen LogP contribution in [0.15, 0.2) is 60.7 Å². The Morgan fingerprint density at radius 2 is 1.57 bits per heavy atom. The third-order valence-corrected chi connectivity index (χ3v) is 7.45. The van der Waals surface area contributed by atoms with E-state index < -0.39 is 22.6 Å². The number of nitro benzene ring substituents is 1. The molecule has 0 atom stereocenters. The number of anilines is 3. The minimum atomic E-state index is -0.680. The lowest BCUT2D eigenvalue weighted by Gasteiger charge is -2.30. The molecule has 2 amide bonds. The zero-order valence-corrected chi connectivity index (χ0v) is 24.0. The summed E-state index contributed by atoms with van der Waals surface area (Å²) in [4.78, 5) is 41.5. The van der Waals surface area contributed by atoms with Crippen molar-refractivity contribution in [2.45, 2.75) is 31.8 Å². The summed E-state index contributed by atoms with van der Waals surface area (Å²) in [6, 6.07) is 14.3. The quantitative estimate of drug-likeness (QED) is 0.251. The smallest absolute Gasteiger partial charge is 0.269 e. The first kappa shape index (κ1) is 30.7. The van der Waals surface area contributed by atoms with Gasteiger partial charge >= 0.3 is 0 Å². The first-order valence-electron chi connectivity index (χ1n) is 13.7. The summed E-state index contributed by atoms with van der Waals surface area (Å²) in [7, 11) is 2.07. The molecule has 222 valence electrons. The van der Waals surface area contributed by atoms with Gasteiger partial charge in [-0.1, -0.05) is 0 Å². The minimum absolute atomic E-state index is 0. The van der Waals surface area contributed by atoms with Gasteiger partial charge in [-0.25, -0.2) is 4.39 Å². The number of carbonyl (C=O) groups is 2. The highest BCUT2D eigenvalue weighted by molar-refractivity contribution is 6.13. The molecule has 0 radical (unpaired) electrons. The molecule has 2 fully saturated rings. The van der Waals surface area contributed by atoms with Crippen LogP contribution in [-0.2, 0) is 0 Å². The molecular formula is C30H33ClFN5O5. The van der Waals surface area contributed by atoms with Crippen molar-refractivity contribution in [1.82, 2.24) is 4.90 Å². The number of piperidine rings is 1. The lowest BCUT2D eigenvalue weighted by molar-refractivity contribution is -0.384. The second-order valence-electron chi connectivity index (χ2n) is 10.4. The molecule has 0 aromatic heterocycles. The van der Waals surface area contributed by atoms with Crippen molar-refractivity contribution >= 4 is 47.0 Å². The van der Waals surface area contributed by atoms with Crippen LogP contribution in [0.5, 0.6) is 5.75 Å². The third kappa shape index (κ3) is 7.34. The minimum Gasteiger partial charge on any atom is -0.489 e. The maximum absolute atomic E-state index is 14.2. The summed E-state index contributed by atoms with van der Waals surface area (Å²) in [5.41, 5.74) is 1.49. The highest BCUT2D eigenvalue weighted by atomic mass is 35.5. The Balaban J connectivity index is 0.00000405. The first-order chi connectivity index (χ1) is 19.8. The molecule has 2 heterocycles. The molecule has 2 N–H and O–H groups in total. The van der Waals surface area contributed by atoms with Crippen molar-refractivity contribution in [3.63, 3.8) is 0 Å². The molecule has 3 aromatic carbocycles. The van der Waals surface area contributed by atoms with Gasteiger partial charge in [0.1, 0.15) is 17.7 Å². The molecule has 0 unspecified atom stereocenters. The predicted octanol–water partition coefficient (Wildman–Crippen LogP) is 5.73. The Morgan fingerprint density at radius 1 is 0.905 bits per heavy atom. The van der Waals surface area contributed by atoms with Crippen LogP contribution in [-0.4, -0.2) is 61.0 Å². The average molecular weight is 598 g/mol. The number of nitrogens with one attached hydrogen (secondary N) is 2. The van der Waals surface area contributed by atoms with Crippen LogP contribution in [0.3, 0.4) is 0 Å². The number of carbonyl (C=O) groups excluding carboxylic acids is 2. The van der Waals surface area contributed by atoms with Gasteiger partial charge in [-0.15, -0.1) is 12.4 Å². The van der Waals surface area contributed by atoms with E-state index in [2.05, 4.69) is 27.5 Å². The molecule has 10 nitrogen and oxygen atoms in total. The van der Waals surface area contributed by atoms with E-state index in [1.54, 1.807) is 6.07 Å². The van der Waals surface area contributed by atoms with Crippen molar-refractivity contribution < 1.29 is 23.6 Å². The number of hydrogen-bond acceptors (Lipinski definition) is 7. The summed E-state index contributed by atoms with van der Waals surface area (Å²) >= 11 is 0. The van der Waals surface area contributed by atoms with Gasteiger partial charge in [0, 0.05) is 55.8 Å². The van der Waals surface area contributed by atoms with E-state index in [9.17, 15) is 24.1 Å². The van der Waals surface area contributed by atoms with Gasteiger partial charge in [0.05, 0.1) is 21.7 Å². The van der Waals surface area contributed by atoms with Crippen molar-refractivity contribution in [2.75, 3.05) is 48.8 Å². The summed E-state index contributed by atoms with van der Waals surface area (Å²) in [5.74, 6) is -1.35. The third-order valence-electron chi connectivity index (χ3n) is 7.45. The van der Waals surface area contributed by atoms with E-state index in [1.807, 2.05) is 12.1 Å². The van der Waals surface area contributed by atoms with E-state index in [4.69, 9.17) is 4.74 Å². The predicted molar refractivity (Wildman–Crippen MR) is 162 cm³/mol. The van der Waals surface area contributed by atoms with Gasteiger partial charge in [0.2, 0.25) is 0 Å². The second kappa shape index (κ2) is 13.6. The highest BCUT2D eigenvalue weighted by Crippen LogP contribution is 2.31. The van der Waals surface area contributed by atoms with E-state index in [1.165, 1.54) is 30.3 Å². The van der Waals surface area contributed by atoms with Gasteiger partial charge in [-0.2, -0.15) is 0 Å². The van der Waals surface area contributed by atoms with E-state index >= 15 is 0 Å². The van der Waals surface area contributed by atoms with Crippen molar-refractivity contribution in [3.8, 4) is 5.75 Å². The van der Waals surface area contributed by atoms with Crippen LogP contribution < -0.4 is 20.3 Å². The highest BCUT2D eigenvalue weighted by Gasteiger charge is 2.24. The number of benzene rings is 3. The Bertz CT molecular complexity index is 1440. The molecule has 0 spiro atoms. The summed E-state index contributed by atoms with van der Waals surface area (Å²) in [5, 5.41) is 16.3. The normalized spacial score (nSPS) is 15.5. The lowest BCUT2D eigenvalue weighted by Crippen LogP contribution is -2.36. The van der Waals surface area contributed by atoms with Gasteiger partial charge in [0.25, 0.3) is 17.5 Å². The van der Waals surface area contributed by atoms with E-state index in [0.717, 1.165) is 69.7 Å². The van der Waals surface area contributed by atoms with Crippen molar-refractivity contribution in [2.24, 2.45) is 0 Å². The number of halogens is 2. The topological polar surface area (TPSA) is 117 Å². The molecule has 5 rings (SSSR count). The fraction of sp³-hybridized carbons (Fsp3) is 0.333. The summed E-state index contributed by atoms with van der Waals surface area (Å²) in [6.45, 7) is 3.70. The molecule has 42 heavy (non-hydrogen) atoms. The number of ether oxygens (including phenoxy) is 1. The van der Waals surface area contributed by atoms with Crippen LogP contribution >= 0.6 is 12.4 Å². The fourth-order valence-electron chi connectivity index (χ4n) is 5.12. The molecular weight excluding hydrogens is 565 g/mol. The largest absolute Gasteiger partial charge is 0.489 e. The number of nitrogens with zero attached hydrogens (tertiary/aromatic N) is 3. The van der Waals surface area contributed by atoms with Crippen LogP contribution in [0.25, 0.3) is 0 Å². The number of hydrogen-bond donors (Lipinski definition) is 2. The SMILES string of the molecule is CN1CCC(Oc2cc(N3CCCC3)ccc2C(=O)Nc2ccc(F)cc2C(=O)Nc2ccc([N+](=O)[O-])cc2)CC1.Cl. The standard InChI is InChI=1S/C30H32FN5O5.ClH/c1-34-16-12-24(13-17-34)41-28-19-23(35-14-2-3-15-35)9-10-25(28)29(37)33-27-11-4-20(31)18-26(27)30(38)32-21-5-7-22(8-6-21)36(39)40;/h4-11,18-19,24H,2-3,12-17H2,1H3,(H,32,38)(H,33,37);1H. The van der Waals surface area contributed by atoms with Crippen molar-refractivity contribution in [1.29, 1.82) is 0 Å². The summed E-state index contributed by atoms with van der Waals surface area (Å²) in [6.07, 6.45) is 3.89. The molecule has 0 aliphatic carbocycles. The summed E-state index contributed by atoms with van der Waals surface area (Å²) < 4.78 is 20.6. The average Bonchev–Trinajstić information content (AvgIpc) is 3.51. The Hall–Kier alpha value is -4.22. The molecule has 3 aromatic rings. The van der Waals surface area contributed by atoms with Gasteiger partial charge in [-0.3, -0.25) is 19.7 Å². The van der Waals surface area contributed by atoms with Gasteiger partial charge in [0.15, 0.2) is 0 Å². The fourth-order valence-corrected chi connectivity index (χ4v) is 5.12. The monoisotopic (exact) mass is 597 g/mol. The number of likely N-dealkylation sites (tertiary alicyclic amines) is 1. The number of rotatable bonds is 8. The lowest BCUT2D eigenvalue weighted by atomic mass is 10.1. The zero-order valence-electron chi connectivity index (χ0n) is 23.2. The van der Waals surface area contributed by atoms with Crippen LogP contribution in [0.4, 0.5) is 27.1 Å². The van der Waals surface area contributed by atoms with E-state index in [0.29, 0.717) is 11.3 Å². The zero-order chi connectivity index (χ0) is 28.9. The van der Waals surface area contributed by atoms with Gasteiger partial charge < -0.3 is 25.2 Å². The van der Waals surface area contributed by atoms with Gasteiger partial charge in [-0.05, 0) is 75.2 Å². The Labute approximate surface area is 249 Å². The second-order valence-corrected chi connectivity index (χ2v) is 10.4. The Morgan fingerprint density at radius 3 is 2.24 bits per heavy atom. The number of non-ortho nitro benzene ring substituents is 1. The first-order valence-corrected chi connectivity index (χ1v) is 13.7. The Kier molecular flexibility index (Phi) is 9.97. The van der Waals surface area contributed by atoms with Crippen LogP contribution in [0.2, 0.25) is 0 Å². The molecule has 0 saturated carbocycles.